The molecule has 156 valence electrons. The van der Waals surface area contributed by atoms with Crippen LogP contribution in [0.2, 0.25) is 0 Å². The maximum absolute atomic E-state index is 12.9. The lowest BCUT2D eigenvalue weighted by molar-refractivity contribution is -0.137. The summed E-state index contributed by atoms with van der Waals surface area (Å²) in [6.07, 6.45) is 1.18. The van der Waals surface area contributed by atoms with Crippen LogP contribution in [0, 0.1) is 0 Å². The van der Waals surface area contributed by atoms with Gasteiger partial charge in [-0.2, -0.15) is 13.2 Å². The van der Waals surface area contributed by atoms with E-state index in [-0.39, 0.29) is 41.9 Å². The molecular formula is C20H23F3N4O2. The van der Waals surface area contributed by atoms with E-state index in [1.54, 1.807) is 11.9 Å². The number of carbonyl (C=O) groups is 1. The van der Waals surface area contributed by atoms with Crippen molar-refractivity contribution in [2.24, 2.45) is 0 Å². The smallest absolute Gasteiger partial charge is 0.343 e. The lowest BCUT2D eigenvalue weighted by Gasteiger charge is -2.31. The molecule has 0 radical (unpaired) electrons. The monoisotopic (exact) mass is 408 g/mol. The average molecular weight is 408 g/mol. The SMILES string of the molecule is CN(C(=O)CCc1nnc(-c2cccc(C(F)(F)F)c2)[nH]c1=O)C1CCCCC1. The van der Waals surface area contributed by atoms with Crippen molar-refractivity contribution in [1.29, 1.82) is 0 Å². The quantitative estimate of drug-likeness (QED) is 0.820. The van der Waals surface area contributed by atoms with E-state index in [2.05, 4.69) is 15.2 Å². The van der Waals surface area contributed by atoms with Gasteiger partial charge in [0.1, 0.15) is 5.69 Å². The van der Waals surface area contributed by atoms with Crippen LogP contribution >= 0.6 is 0 Å². The van der Waals surface area contributed by atoms with Gasteiger partial charge in [-0.3, -0.25) is 9.59 Å². The number of halogens is 3. The van der Waals surface area contributed by atoms with Crippen LogP contribution in [0.5, 0.6) is 0 Å². The Morgan fingerprint density at radius 1 is 1.21 bits per heavy atom. The summed E-state index contributed by atoms with van der Waals surface area (Å²) < 4.78 is 38.6. The van der Waals surface area contributed by atoms with Gasteiger partial charge in [0.05, 0.1) is 5.56 Å². The second-order valence-corrected chi connectivity index (χ2v) is 7.32. The number of amides is 1. The number of carbonyl (C=O) groups excluding carboxylic acids is 1. The number of hydrogen-bond donors (Lipinski definition) is 1. The number of nitrogens with one attached hydrogen (secondary N) is 1. The molecule has 1 aromatic heterocycles. The molecule has 1 fully saturated rings. The molecule has 1 saturated carbocycles. The third kappa shape index (κ3) is 5.21. The first-order chi connectivity index (χ1) is 13.8. The Bertz CT molecular complexity index is 920. The van der Waals surface area contributed by atoms with Gasteiger partial charge in [-0.1, -0.05) is 31.4 Å². The fourth-order valence-electron chi connectivity index (χ4n) is 3.57. The van der Waals surface area contributed by atoms with Gasteiger partial charge in [0.2, 0.25) is 5.91 Å². The predicted molar refractivity (Wildman–Crippen MR) is 101 cm³/mol. The minimum Gasteiger partial charge on any atom is -0.343 e. The summed E-state index contributed by atoms with van der Waals surface area (Å²) in [7, 11) is 1.78. The second kappa shape index (κ2) is 8.75. The van der Waals surface area contributed by atoms with Gasteiger partial charge in [-0.15, -0.1) is 10.2 Å². The maximum atomic E-state index is 12.9. The summed E-state index contributed by atoms with van der Waals surface area (Å²) in [5, 5.41) is 7.69. The van der Waals surface area contributed by atoms with E-state index < -0.39 is 17.3 Å². The van der Waals surface area contributed by atoms with Crippen LogP contribution in [0.4, 0.5) is 13.2 Å². The number of aromatic amines is 1. The van der Waals surface area contributed by atoms with E-state index >= 15 is 0 Å². The molecule has 0 atom stereocenters. The Morgan fingerprint density at radius 2 is 1.93 bits per heavy atom. The van der Waals surface area contributed by atoms with E-state index in [0.717, 1.165) is 37.8 Å². The molecule has 1 heterocycles. The molecular weight excluding hydrogens is 385 g/mol. The van der Waals surface area contributed by atoms with Crippen LogP contribution < -0.4 is 5.56 Å². The van der Waals surface area contributed by atoms with Crippen LogP contribution in [-0.4, -0.2) is 39.1 Å². The number of aryl methyl sites for hydroxylation is 1. The molecule has 1 aliphatic rings. The van der Waals surface area contributed by atoms with Gasteiger partial charge in [-0.25, -0.2) is 0 Å². The Balaban J connectivity index is 1.67. The molecule has 0 spiro atoms. The van der Waals surface area contributed by atoms with Crippen molar-refractivity contribution < 1.29 is 18.0 Å². The highest BCUT2D eigenvalue weighted by atomic mass is 19.4. The third-order valence-electron chi connectivity index (χ3n) is 5.32. The molecule has 0 saturated heterocycles. The van der Waals surface area contributed by atoms with E-state index in [1.165, 1.54) is 18.6 Å². The molecule has 0 bridgehead atoms. The van der Waals surface area contributed by atoms with Crippen LogP contribution in [0.1, 0.15) is 49.8 Å². The number of alkyl halides is 3. The Morgan fingerprint density at radius 3 is 2.59 bits per heavy atom. The minimum absolute atomic E-state index is 0.0458. The largest absolute Gasteiger partial charge is 0.416 e. The number of H-pyrrole nitrogens is 1. The topological polar surface area (TPSA) is 79.0 Å². The molecule has 1 N–H and O–H groups in total. The lowest BCUT2D eigenvalue weighted by atomic mass is 9.94. The molecule has 0 aliphatic heterocycles. The number of nitrogens with zero attached hydrogens (tertiary/aromatic N) is 3. The zero-order chi connectivity index (χ0) is 21.0. The van der Waals surface area contributed by atoms with Crippen molar-refractivity contribution in [3.05, 3.63) is 45.9 Å². The van der Waals surface area contributed by atoms with Crippen molar-refractivity contribution in [3.63, 3.8) is 0 Å². The molecule has 1 aliphatic carbocycles. The van der Waals surface area contributed by atoms with Crippen molar-refractivity contribution in [1.82, 2.24) is 20.1 Å². The summed E-state index contributed by atoms with van der Waals surface area (Å²) in [5.41, 5.74) is -1.19. The van der Waals surface area contributed by atoms with E-state index in [4.69, 9.17) is 0 Å². The van der Waals surface area contributed by atoms with Crippen molar-refractivity contribution >= 4 is 5.91 Å². The maximum Gasteiger partial charge on any atom is 0.416 e. The summed E-state index contributed by atoms with van der Waals surface area (Å²) in [6.45, 7) is 0. The fraction of sp³-hybridized carbons (Fsp3) is 0.500. The third-order valence-corrected chi connectivity index (χ3v) is 5.32. The first-order valence-corrected chi connectivity index (χ1v) is 9.65. The number of rotatable bonds is 5. The predicted octanol–water partition coefficient (Wildman–Crippen LogP) is 3.57. The van der Waals surface area contributed by atoms with Gasteiger partial charge >= 0.3 is 6.18 Å². The summed E-state index contributed by atoms with van der Waals surface area (Å²) in [6, 6.07) is 4.74. The molecule has 0 unspecified atom stereocenters. The van der Waals surface area contributed by atoms with E-state index in [1.807, 2.05) is 0 Å². The molecule has 2 aromatic rings. The molecule has 29 heavy (non-hydrogen) atoms. The van der Waals surface area contributed by atoms with Gasteiger partial charge in [0.15, 0.2) is 5.82 Å². The fourth-order valence-corrected chi connectivity index (χ4v) is 3.57. The van der Waals surface area contributed by atoms with Crippen LogP contribution in [0.3, 0.4) is 0 Å². The van der Waals surface area contributed by atoms with Crippen LogP contribution in [0.25, 0.3) is 11.4 Å². The highest BCUT2D eigenvalue weighted by molar-refractivity contribution is 5.76. The van der Waals surface area contributed by atoms with Gasteiger partial charge in [-0.05, 0) is 25.0 Å². The van der Waals surface area contributed by atoms with Crippen molar-refractivity contribution in [3.8, 4) is 11.4 Å². The summed E-state index contributed by atoms with van der Waals surface area (Å²) >= 11 is 0. The Labute approximate surface area is 166 Å². The van der Waals surface area contributed by atoms with Crippen LogP contribution in [0.15, 0.2) is 29.1 Å². The van der Waals surface area contributed by atoms with Gasteiger partial charge < -0.3 is 9.88 Å². The molecule has 1 amide bonds. The summed E-state index contributed by atoms with van der Waals surface area (Å²) in [5.74, 6) is -0.101. The van der Waals surface area contributed by atoms with Gasteiger partial charge in [0, 0.05) is 31.5 Å². The van der Waals surface area contributed by atoms with Crippen molar-refractivity contribution in [2.45, 2.75) is 57.2 Å². The summed E-state index contributed by atoms with van der Waals surface area (Å²) in [4.78, 5) is 28.9. The lowest BCUT2D eigenvalue weighted by Crippen LogP contribution is -2.38. The molecule has 6 nitrogen and oxygen atoms in total. The first kappa shape index (κ1) is 21.0. The van der Waals surface area contributed by atoms with E-state index in [9.17, 15) is 22.8 Å². The normalized spacial score (nSPS) is 15.3. The second-order valence-electron chi connectivity index (χ2n) is 7.32. The highest BCUT2D eigenvalue weighted by Gasteiger charge is 2.30. The molecule has 3 rings (SSSR count). The molecule has 9 heteroatoms. The first-order valence-electron chi connectivity index (χ1n) is 9.65. The zero-order valence-corrected chi connectivity index (χ0v) is 16.1. The Kier molecular flexibility index (Phi) is 6.34. The highest BCUT2D eigenvalue weighted by Crippen LogP contribution is 2.31. The zero-order valence-electron chi connectivity index (χ0n) is 16.1. The standard InChI is InChI=1S/C20H23F3N4O2/c1-27(15-8-3-2-4-9-15)17(28)11-10-16-19(29)24-18(26-25-16)13-6-5-7-14(12-13)20(21,22)23/h5-7,12,15H,2-4,8-11H2,1H3,(H,24,26,29). The molecule has 1 aromatic carbocycles. The number of hydrogen-bond acceptors (Lipinski definition) is 4. The average Bonchev–Trinajstić information content (AvgIpc) is 2.72. The number of benzene rings is 1. The minimum atomic E-state index is -4.49. The van der Waals surface area contributed by atoms with E-state index in [0.29, 0.717) is 0 Å². The van der Waals surface area contributed by atoms with Crippen molar-refractivity contribution in [2.75, 3.05) is 7.05 Å². The number of aromatic nitrogens is 3. The van der Waals surface area contributed by atoms with Crippen LogP contribution in [-0.2, 0) is 17.4 Å². The Hall–Kier alpha value is -2.71. The van der Waals surface area contributed by atoms with Gasteiger partial charge in [0.25, 0.3) is 5.56 Å².